The van der Waals surface area contributed by atoms with Crippen LogP contribution in [0.1, 0.15) is 34.0 Å². The highest BCUT2D eigenvalue weighted by atomic mass is 16.1. The fraction of sp³-hybridized carbons (Fsp3) is 0.111. The summed E-state index contributed by atoms with van der Waals surface area (Å²) in [6.45, 7) is 2.02. The number of nitrogens with two attached hydrogens (primary N) is 1. The van der Waals surface area contributed by atoms with Gasteiger partial charge in [-0.1, -0.05) is 18.2 Å². The van der Waals surface area contributed by atoms with Crippen LogP contribution in [-0.4, -0.2) is 26.3 Å². The van der Waals surface area contributed by atoms with Gasteiger partial charge in [-0.3, -0.25) is 14.8 Å². The van der Waals surface area contributed by atoms with Gasteiger partial charge in [-0.15, -0.1) is 0 Å². The van der Waals surface area contributed by atoms with Gasteiger partial charge in [0.2, 0.25) is 0 Å². The van der Waals surface area contributed by atoms with Gasteiger partial charge in [0.1, 0.15) is 5.82 Å². The number of nitrogen functional groups attached to an aromatic ring is 1. The Balaban J connectivity index is 1.29. The number of hydrogen-bond donors (Lipinski definition) is 1. The number of fused-ring (bicyclic) bond motifs is 2. The number of Topliss-reactive ketones (excluding diaryl/α,β-unsaturated/α-hetero) is 1. The van der Waals surface area contributed by atoms with Crippen molar-refractivity contribution in [3.8, 4) is 16.8 Å². The fourth-order valence-electron chi connectivity index (χ4n) is 4.58. The molecule has 4 aromatic rings. The molecule has 6 nitrogen and oxygen atoms in total. The third-order valence-electron chi connectivity index (χ3n) is 6.26. The Hall–Kier alpha value is -4.32. The van der Waals surface area contributed by atoms with Gasteiger partial charge in [-0.05, 0) is 65.6 Å². The molecule has 0 atom stereocenters. The fourth-order valence-corrected chi connectivity index (χ4v) is 4.58. The molecule has 0 spiro atoms. The average molecular weight is 431 g/mol. The Bertz CT molecular complexity index is 1490. The highest BCUT2D eigenvalue weighted by molar-refractivity contribution is 6.15. The number of pyridine rings is 1. The molecule has 1 aliphatic carbocycles. The van der Waals surface area contributed by atoms with E-state index in [1.807, 2.05) is 49.5 Å². The first-order valence-corrected chi connectivity index (χ1v) is 10.9. The highest BCUT2D eigenvalue weighted by Gasteiger charge is 2.24. The second kappa shape index (κ2) is 7.38. The van der Waals surface area contributed by atoms with Crippen molar-refractivity contribution in [3.63, 3.8) is 0 Å². The maximum atomic E-state index is 13.3. The second-order valence-corrected chi connectivity index (χ2v) is 8.52. The van der Waals surface area contributed by atoms with Gasteiger partial charge in [-0.2, -0.15) is 5.10 Å². The van der Waals surface area contributed by atoms with E-state index in [0.29, 0.717) is 17.8 Å². The molecule has 33 heavy (non-hydrogen) atoms. The van der Waals surface area contributed by atoms with Crippen molar-refractivity contribution in [1.82, 2.24) is 14.8 Å². The van der Waals surface area contributed by atoms with Crippen LogP contribution >= 0.6 is 0 Å². The maximum absolute atomic E-state index is 13.3. The van der Waals surface area contributed by atoms with Crippen LogP contribution < -0.4 is 5.73 Å². The molecular weight excluding hydrogens is 410 g/mol. The zero-order valence-electron chi connectivity index (χ0n) is 18.1. The van der Waals surface area contributed by atoms with E-state index in [1.54, 1.807) is 17.1 Å². The molecular formula is C27H21N5O. The lowest BCUT2D eigenvalue weighted by molar-refractivity contribution is 0.103. The van der Waals surface area contributed by atoms with Gasteiger partial charge in [0.15, 0.2) is 5.78 Å². The summed E-state index contributed by atoms with van der Waals surface area (Å²) in [5.74, 6) is 0.265. The number of nitrogens with zero attached hydrogens (tertiary/aromatic N) is 4. The molecule has 0 amide bonds. The number of hydrogen-bond acceptors (Lipinski definition) is 5. The quantitative estimate of drug-likeness (QED) is 0.461. The van der Waals surface area contributed by atoms with Gasteiger partial charge in [-0.25, -0.2) is 4.68 Å². The van der Waals surface area contributed by atoms with Crippen LogP contribution in [0.5, 0.6) is 0 Å². The van der Waals surface area contributed by atoms with Crippen LogP contribution in [0, 0.1) is 0 Å². The Kier molecular flexibility index (Phi) is 4.33. The number of rotatable bonds is 4. The molecule has 2 N–H and O–H groups in total. The summed E-state index contributed by atoms with van der Waals surface area (Å²) in [5, 5.41) is 4.43. The zero-order chi connectivity index (χ0) is 22.5. The van der Waals surface area contributed by atoms with Crippen LogP contribution in [0.3, 0.4) is 0 Å². The molecule has 0 bridgehead atoms. The number of ketones is 1. The topological polar surface area (TPSA) is 86.2 Å². The Morgan fingerprint density at radius 1 is 1.00 bits per heavy atom. The number of aliphatic imine (C=N–C) groups is 1. The minimum atomic E-state index is -0.0850. The van der Waals surface area contributed by atoms with E-state index >= 15 is 0 Å². The van der Waals surface area contributed by atoms with Crippen molar-refractivity contribution in [3.05, 3.63) is 94.9 Å². The zero-order valence-corrected chi connectivity index (χ0v) is 18.1. The standard InChI is InChI=1S/C27H21N5O/c1-16-9-21-13-23(6-7-25(21)31-16)32-27(28)24(15-30-32)26(33)22-11-18-5-4-17(10-20(18)12-22)19-3-2-8-29-14-19/h2-8,10,12-15H,9,11,28H2,1H3. The van der Waals surface area contributed by atoms with Crippen molar-refractivity contribution in [2.45, 2.75) is 19.8 Å². The smallest absolute Gasteiger partial charge is 0.194 e. The third kappa shape index (κ3) is 3.27. The maximum Gasteiger partial charge on any atom is 0.194 e. The van der Waals surface area contributed by atoms with Gasteiger partial charge in [0, 0.05) is 42.1 Å². The van der Waals surface area contributed by atoms with Gasteiger partial charge < -0.3 is 5.73 Å². The second-order valence-electron chi connectivity index (χ2n) is 8.52. The van der Waals surface area contributed by atoms with Gasteiger partial charge in [0.05, 0.1) is 23.1 Å². The summed E-state index contributed by atoms with van der Waals surface area (Å²) in [6, 6.07) is 16.1. The van der Waals surface area contributed by atoms with Crippen molar-refractivity contribution in [2.75, 3.05) is 5.73 Å². The molecule has 160 valence electrons. The summed E-state index contributed by atoms with van der Waals surface area (Å²) in [7, 11) is 0. The van der Waals surface area contributed by atoms with E-state index in [2.05, 4.69) is 33.3 Å². The first-order valence-electron chi connectivity index (χ1n) is 10.9. The molecule has 2 aliphatic rings. The molecule has 0 fully saturated rings. The molecule has 2 aromatic heterocycles. The third-order valence-corrected chi connectivity index (χ3v) is 6.26. The Morgan fingerprint density at radius 2 is 1.91 bits per heavy atom. The lowest BCUT2D eigenvalue weighted by Crippen LogP contribution is -2.08. The lowest BCUT2D eigenvalue weighted by Gasteiger charge is -2.07. The molecule has 3 heterocycles. The Labute approximate surface area is 191 Å². The largest absolute Gasteiger partial charge is 0.383 e. The molecule has 0 unspecified atom stereocenters. The predicted octanol–water partition coefficient (Wildman–Crippen LogP) is 4.99. The van der Waals surface area contributed by atoms with Crippen LogP contribution in [-0.2, 0) is 12.8 Å². The SMILES string of the molecule is CC1=Nc2ccc(-n3ncc(C(=O)C4=Cc5cc(-c6cccnc6)ccc5C4)c3N)cc2C1. The van der Waals surface area contributed by atoms with Gasteiger partial charge >= 0.3 is 0 Å². The number of benzene rings is 2. The van der Waals surface area contributed by atoms with Gasteiger partial charge in [0.25, 0.3) is 0 Å². The first-order chi connectivity index (χ1) is 16.1. The number of allylic oxidation sites excluding steroid dienone is 1. The molecule has 6 rings (SSSR count). The first kappa shape index (κ1) is 19.4. The molecule has 0 saturated carbocycles. The summed E-state index contributed by atoms with van der Waals surface area (Å²) < 4.78 is 1.63. The van der Waals surface area contributed by atoms with Crippen molar-refractivity contribution in [2.24, 2.45) is 4.99 Å². The summed E-state index contributed by atoms with van der Waals surface area (Å²) in [6.07, 6.45) is 8.54. The molecule has 6 heteroatoms. The van der Waals surface area contributed by atoms with Crippen LogP contribution in [0.25, 0.3) is 22.9 Å². The minimum absolute atomic E-state index is 0.0850. The molecule has 1 aliphatic heterocycles. The van der Waals surface area contributed by atoms with Crippen molar-refractivity contribution in [1.29, 1.82) is 0 Å². The predicted molar refractivity (Wildman–Crippen MR) is 130 cm³/mol. The number of anilines is 1. The van der Waals surface area contributed by atoms with E-state index < -0.39 is 0 Å². The van der Waals surface area contributed by atoms with E-state index in [9.17, 15) is 4.79 Å². The minimum Gasteiger partial charge on any atom is -0.383 e. The van der Waals surface area contributed by atoms with Crippen LogP contribution in [0.2, 0.25) is 0 Å². The van der Waals surface area contributed by atoms with E-state index in [0.717, 1.165) is 56.9 Å². The number of aromatic nitrogens is 3. The summed E-state index contributed by atoms with van der Waals surface area (Å²) >= 11 is 0. The average Bonchev–Trinajstić information content (AvgIpc) is 3.53. The summed E-state index contributed by atoms with van der Waals surface area (Å²) in [4.78, 5) is 22.1. The van der Waals surface area contributed by atoms with E-state index in [1.165, 1.54) is 0 Å². The van der Waals surface area contributed by atoms with Crippen LogP contribution in [0.15, 0.2) is 77.7 Å². The number of carbonyl (C=O) groups excluding carboxylic acids is 1. The monoisotopic (exact) mass is 431 g/mol. The Morgan fingerprint density at radius 3 is 2.76 bits per heavy atom. The van der Waals surface area contributed by atoms with E-state index in [4.69, 9.17) is 5.73 Å². The van der Waals surface area contributed by atoms with Crippen molar-refractivity contribution >= 4 is 29.1 Å². The van der Waals surface area contributed by atoms with Crippen molar-refractivity contribution < 1.29 is 4.79 Å². The molecule has 0 radical (unpaired) electrons. The number of carbonyl (C=O) groups is 1. The van der Waals surface area contributed by atoms with E-state index in [-0.39, 0.29) is 5.78 Å². The normalized spacial score (nSPS) is 14.0. The van der Waals surface area contributed by atoms with Crippen LogP contribution in [0.4, 0.5) is 11.5 Å². The highest BCUT2D eigenvalue weighted by Crippen LogP contribution is 2.33. The lowest BCUT2D eigenvalue weighted by atomic mass is 10.0. The summed E-state index contributed by atoms with van der Waals surface area (Å²) in [5.41, 5.74) is 15.9. The molecule has 0 saturated heterocycles. The molecule has 2 aromatic carbocycles.